The van der Waals surface area contributed by atoms with Crippen molar-refractivity contribution < 1.29 is 14.7 Å². The van der Waals surface area contributed by atoms with Gasteiger partial charge in [0.2, 0.25) is 5.91 Å². The molecule has 1 aliphatic heterocycles. The van der Waals surface area contributed by atoms with E-state index in [2.05, 4.69) is 10.1 Å². The first-order chi connectivity index (χ1) is 13.5. The van der Waals surface area contributed by atoms with Gasteiger partial charge in [-0.1, -0.05) is 24.3 Å². The third-order valence-corrected chi connectivity index (χ3v) is 5.50. The van der Waals surface area contributed by atoms with Gasteiger partial charge < -0.3 is 10.0 Å². The molecule has 0 spiro atoms. The summed E-state index contributed by atoms with van der Waals surface area (Å²) in [4.78, 5) is 30.3. The minimum Gasteiger partial charge on any atom is -0.478 e. The second-order valence-electron chi connectivity index (χ2n) is 7.17. The number of pyridine rings is 1. The molecule has 2 aromatic heterocycles. The number of hydrogen-bond donors (Lipinski definition) is 1. The van der Waals surface area contributed by atoms with Gasteiger partial charge in [-0.3, -0.25) is 14.5 Å². The molecule has 1 amide bonds. The summed E-state index contributed by atoms with van der Waals surface area (Å²) in [5.41, 5.74) is 2.72. The lowest BCUT2D eigenvalue weighted by molar-refractivity contribution is -0.131. The summed E-state index contributed by atoms with van der Waals surface area (Å²) in [6.07, 6.45) is 5.02. The van der Waals surface area contributed by atoms with Gasteiger partial charge in [-0.15, -0.1) is 0 Å². The number of para-hydroxylation sites is 1. The molecule has 0 radical (unpaired) electrons. The lowest BCUT2D eigenvalue weighted by Gasteiger charge is -2.32. The van der Waals surface area contributed by atoms with Crippen LogP contribution in [0.5, 0.6) is 0 Å². The van der Waals surface area contributed by atoms with Crippen LogP contribution in [0.3, 0.4) is 0 Å². The third kappa shape index (κ3) is 3.35. The minimum absolute atomic E-state index is 0.0972. The Morgan fingerprint density at radius 1 is 1.18 bits per heavy atom. The summed E-state index contributed by atoms with van der Waals surface area (Å²) in [5.74, 6) is -0.861. The first kappa shape index (κ1) is 18.2. The van der Waals surface area contributed by atoms with Crippen molar-refractivity contribution in [2.75, 3.05) is 13.1 Å². The van der Waals surface area contributed by atoms with Crippen molar-refractivity contribution in [1.82, 2.24) is 19.7 Å². The summed E-state index contributed by atoms with van der Waals surface area (Å²) in [6, 6.07) is 9.93. The Balaban J connectivity index is 1.42. The van der Waals surface area contributed by atoms with Crippen LogP contribution in [-0.4, -0.2) is 49.7 Å². The molecule has 144 valence electrons. The number of aromatic nitrogens is 3. The van der Waals surface area contributed by atoms with Gasteiger partial charge >= 0.3 is 5.97 Å². The fourth-order valence-corrected chi connectivity index (χ4v) is 3.95. The number of aromatic carboxylic acids is 1. The first-order valence-corrected chi connectivity index (χ1v) is 9.42. The number of rotatable bonds is 4. The summed E-state index contributed by atoms with van der Waals surface area (Å²) in [5, 5.41) is 14.5. The predicted molar refractivity (Wildman–Crippen MR) is 104 cm³/mol. The molecule has 3 aromatic rings. The van der Waals surface area contributed by atoms with Crippen LogP contribution in [0, 0.1) is 6.92 Å². The molecule has 1 fully saturated rings. The standard InChI is InChI=1S/C21H22N4O3/c1-14-18(21(27)28)13-23-25(14)17-7-10-24(11-8-17)19(26)12-16-5-2-4-15-6-3-9-22-20(15)16/h2-6,9,13,17H,7-8,10-12H2,1H3,(H,27,28). The van der Waals surface area contributed by atoms with Gasteiger partial charge in [0.1, 0.15) is 5.56 Å². The lowest BCUT2D eigenvalue weighted by Crippen LogP contribution is -2.40. The van der Waals surface area contributed by atoms with Crippen molar-refractivity contribution in [3.63, 3.8) is 0 Å². The number of nitrogens with zero attached hydrogens (tertiary/aromatic N) is 4. The largest absolute Gasteiger partial charge is 0.478 e. The van der Waals surface area contributed by atoms with Crippen molar-refractivity contribution in [2.24, 2.45) is 0 Å². The van der Waals surface area contributed by atoms with Gasteiger partial charge in [-0.25, -0.2) is 4.79 Å². The van der Waals surface area contributed by atoms with E-state index in [0.29, 0.717) is 25.2 Å². The molecular formula is C21H22N4O3. The Hall–Kier alpha value is -3.22. The number of hydrogen-bond acceptors (Lipinski definition) is 4. The molecule has 0 bridgehead atoms. The van der Waals surface area contributed by atoms with Crippen molar-refractivity contribution in [3.8, 4) is 0 Å². The van der Waals surface area contributed by atoms with E-state index >= 15 is 0 Å². The predicted octanol–water partition coefficient (Wildman–Crippen LogP) is 2.84. The van der Waals surface area contributed by atoms with Crippen LogP contribution >= 0.6 is 0 Å². The SMILES string of the molecule is Cc1c(C(=O)O)cnn1C1CCN(C(=O)Cc2cccc3cccnc23)CC1. The maximum Gasteiger partial charge on any atom is 0.339 e. The van der Waals surface area contributed by atoms with Gasteiger partial charge in [0.25, 0.3) is 0 Å². The van der Waals surface area contributed by atoms with Gasteiger partial charge in [-0.05, 0) is 31.4 Å². The van der Waals surface area contributed by atoms with Gasteiger partial charge in [0, 0.05) is 24.7 Å². The maximum atomic E-state index is 12.8. The van der Waals surface area contributed by atoms with E-state index in [1.165, 1.54) is 6.20 Å². The highest BCUT2D eigenvalue weighted by Crippen LogP contribution is 2.25. The second-order valence-corrected chi connectivity index (χ2v) is 7.17. The van der Waals surface area contributed by atoms with Crippen LogP contribution in [0.4, 0.5) is 0 Å². The number of piperidine rings is 1. The number of amides is 1. The summed E-state index contributed by atoms with van der Waals surface area (Å²) < 4.78 is 1.79. The summed E-state index contributed by atoms with van der Waals surface area (Å²) in [6.45, 7) is 3.06. The molecule has 1 aromatic carbocycles. The fraction of sp³-hybridized carbons (Fsp3) is 0.333. The Morgan fingerprint density at radius 3 is 2.64 bits per heavy atom. The summed E-state index contributed by atoms with van der Waals surface area (Å²) in [7, 11) is 0. The van der Waals surface area contributed by atoms with Crippen molar-refractivity contribution in [1.29, 1.82) is 0 Å². The maximum absolute atomic E-state index is 12.8. The zero-order valence-corrected chi connectivity index (χ0v) is 15.7. The smallest absolute Gasteiger partial charge is 0.339 e. The Labute approximate surface area is 162 Å². The Bertz CT molecular complexity index is 1030. The lowest BCUT2D eigenvalue weighted by atomic mass is 10.0. The number of carbonyl (C=O) groups excluding carboxylic acids is 1. The molecule has 0 atom stereocenters. The molecule has 0 aliphatic carbocycles. The number of likely N-dealkylation sites (tertiary alicyclic amines) is 1. The molecule has 28 heavy (non-hydrogen) atoms. The minimum atomic E-state index is -0.958. The van der Waals surface area contributed by atoms with Crippen LogP contribution in [0.1, 0.15) is 40.5 Å². The van der Waals surface area contributed by atoms with Crippen LogP contribution in [-0.2, 0) is 11.2 Å². The number of carboxylic acids is 1. The molecule has 4 rings (SSSR count). The molecule has 7 nitrogen and oxygen atoms in total. The monoisotopic (exact) mass is 378 g/mol. The average molecular weight is 378 g/mol. The average Bonchev–Trinajstić information content (AvgIpc) is 3.10. The Morgan fingerprint density at radius 2 is 1.93 bits per heavy atom. The number of fused-ring (bicyclic) bond motifs is 1. The van der Waals surface area contributed by atoms with E-state index in [0.717, 1.165) is 29.3 Å². The number of carboxylic acid groups (broad SMARTS) is 1. The van der Waals surface area contributed by atoms with Gasteiger partial charge in [0.15, 0.2) is 0 Å². The topological polar surface area (TPSA) is 88.3 Å². The zero-order chi connectivity index (χ0) is 19.7. The van der Waals surface area contributed by atoms with Crippen molar-refractivity contribution >= 4 is 22.8 Å². The number of carbonyl (C=O) groups is 2. The molecular weight excluding hydrogens is 356 g/mol. The van der Waals surface area contributed by atoms with E-state index in [-0.39, 0.29) is 17.5 Å². The van der Waals surface area contributed by atoms with Crippen LogP contribution < -0.4 is 0 Å². The molecule has 0 unspecified atom stereocenters. The molecule has 0 saturated carbocycles. The third-order valence-electron chi connectivity index (χ3n) is 5.50. The quantitative estimate of drug-likeness (QED) is 0.754. The highest BCUT2D eigenvalue weighted by atomic mass is 16.4. The van der Waals surface area contributed by atoms with Crippen LogP contribution in [0.25, 0.3) is 10.9 Å². The van der Waals surface area contributed by atoms with Crippen molar-refractivity contribution in [2.45, 2.75) is 32.2 Å². The van der Waals surface area contributed by atoms with Gasteiger partial charge in [-0.2, -0.15) is 5.10 Å². The van der Waals surface area contributed by atoms with Gasteiger partial charge in [0.05, 0.1) is 29.9 Å². The zero-order valence-electron chi connectivity index (χ0n) is 15.7. The van der Waals surface area contributed by atoms with E-state index in [4.69, 9.17) is 0 Å². The van der Waals surface area contributed by atoms with E-state index < -0.39 is 5.97 Å². The Kier molecular flexibility index (Phi) is 4.81. The second kappa shape index (κ2) is 7.42. The van der Waals surface area contributed by atoms with E-state index in [1.54, 1.807) is 17.8 Å². The van der Waals surface area contributed by atoms with Crippen LogP contribution in [0.15, 0.2) is 42.7 Å². The fourth-order valence-electron chi connectivity index (χ4n) is 3.95. The molecule has 3 heterocycles. The van der Waals surface area contributed by atoms with E-state index in [1.807, 2.05) is 35.2 Å². The highest BCUT2D eigenvalue weighted by Gasteiger charge is 2.26. The highest BCUT2D eigenvalue weighted by molar-refractivity contribution is 5.88. The van der Waals surface area contributed by atoms with Crippen LogP contribution in [0.2, 0.25) is 0 Å². The summed E-state index contributed by atoms with van der Waals surface area (Å²) >= 11 is 0. The normalized spacial score (nSPS) is 15.1. The molecule has 1 saturated heterocycles. The van der Waals surface area contributed by atoms with E-state index in [9.17, 15) is 14.7 Å². The molecule has 1 aliphatic rings. The molecule has 7 heteroatoms. The first-order valence-electron chi connectivity index (χ1n) is 9.42. The molecule has 1 N–H and O–H groups in total. The van der Waals surface area contributed by atoms with Crippen molar-refractivity contribution in [3.05, 3.63) is 59.5 Å². The number of benzene rings is 1.